The Kier molecular flexibility index (Phi) is 7.09. The summed E-state index contributed by atoms with van der Waals surface area (Å²) in [6, 6.07) is 8.12. The molecule has 1 fully saturated rings. The summed E-state index contributed by atoms with van der Waals surface area (Å²) in [6.07, 6.45) is 5.78. The summed E-state index contributed by atoms with van der Waals surface area (Å²) in [5, 5.41) is 4.37. The van der Waals surface area contributed by atoms with Gasteiger partial charge in [0.25, 0.3) is 0 Å². The second kappa shape index (κ2) is 9.73. The monoisotopic (exact) mass is 385 g/mol. The van der Waals surface area contributed by atoms with Crippen LogP contribution in [0.1, 0.15) is 43.7 Å². The molecular formula is C22H33N4O2+. The molecule has 0 unspecified atom stereocenters. The first-order chi connectivity index (χ1) is 13.5. The van der Waals surface area contributed by atoms with Gasteiger partial charge >= 0.3 is 0 Å². The van der Waals surface area contributed by atoms with Crippen molar-refractivity contribution >= 4 is 17.5 Å². The van der Waals surface area contributed by atoms with E-state index in [1.165, 1.54) is 36.5 Å². The fraction of sp³-hybridized carbons (Fsp3) is 0.545. The number of quaternary nitrogens is 1. The maximum absolute atomic E-state index is 12.3. The molecule has 0 aliphatic carbocycles. The van der Waals surface area contributed by atoms with Crippen LogP contribution in [-0.4, -0.2) is 49.5 Å². The molecule has 1 aromatic rings. The molecule has 28 heavy (non-hydrogen) atoms. The average Bonchev–Trinajstić information content (AvgIpc) is 2.69. The van der Waals surface area contributed by atoms with Gasteiger partial charge in [0, 0.05) is 19.4 Å². The fourth-order valence-electron chi connectivity index (χ4n) is 3.78. The lowest BCUT2D eigenvalue weighted by Crippen LogP contribution is -3.13. The molecule has 2 aliphatic rings. The zero-order valence-corrected chi connectivity index (χ0v) is 17.1. The lowest BCUT2D eigenvalue weighted by atomic mass is 9.99. The summed E-state index contributed by atoms with van der Waals surface area (Å²) < 4.78 is 0. The summed E-state index contributed by atoms with van der Waals surface area (Å²) in [5.41, 5.74) is 6.17. The van der Waals surface area contributed by atoms with E-state index >= 15 is 0 Å². The van der Waals surface area contributed by atoms with Crippen LogP contribution < -0.4 is 15.6 Å². The number of hydrazine groups is 1. The molecule has 3 rings (SSSR count). The highest BCUT2D eigenvalue weighted by atomic mass is 16.2. The van der Waals surface area contributed by atoms with Crippen LogP contribution in [0.5, 0.6) is 0 Å². The molecule has 0 saturated carbocycles. The number of rotatable bonds is 7. The van der Waals surface area contributed by atoms with Crippen molar-refractivity contribution in [2.24, 2.45) is 5.92 Å². The first-order valence-electron chi connectivity index (χ1n) is 10.5. The number of hydrogen-bond acceptors (Lipinski definition) is 3. The van der Waals surface area contributed by atoms with Crippen molar-refractivity contribution in [1.29, 1.82) is 0 Å². The molecule has 0 atom stereocenters. The number of carbonyl (C=O) groups excluding carboxylic acids is 2. The molecule has 6 heteroatoms. The predicted octanol–water partition coefficient (Wildman–Crippen LogP) is 0.894. The van der Waals surface area contributed by atoms with Gasteiger partial charge in [-0.1, -0.05) is 36.8 Å². The maximum Gasteiger partial charge on any atom is 0.245 e. The zero-order valence-electron chi connectivity index (χ0n) is 17.1. The topological polar surface area (TPSA) is 65.9 Å². The second-order valence-corrected chi connectivity index (χ2v) is 8.17. The van der Waals surface area contributed by atoms with Gasteiger partial charge in [0.05, 0.1) is 25.3 Å². The Labute approximate surface area is 167 Å². The van der Waals surface area contributed by atoms with Crippen LogP contribution in [0.2, 0.25) is 0 Å². The van der Waals surface area contributed by atoms with Gasteiger partial charge in [0.1, 0.15) is 6.54 Å². The van der Waals surface area contributed by atoms with E-state index in [4.69, 9.17) is 0 Å². The van der Waals surface area contributed by atoms with E-state index in [1.807, 2.05) is 37.3 Å². The van der Waals surface area contributed by atoms with Crippen LogP contribution >= 0.6 is 0 Å². The molecule has 2 amide bonds. The average molecular weight is 386 g/mol. The van der Waals surface area contributed by atoms with Crippen molar-refractivity contribution in [1.82, 2.24) is 15.8 Å². The molecular weight excluding hydrogens is 352 g/mol. The van der Waals surface area contributed by atoms with Crippen LogP contribution in [0.4, 0.5) is 0 Å². The van der Waals surface area contributed by atoms with E-state index in [-0.39, 0.29) is 18.4 Å². The molecule has 0 spiro atoms. The van der Waals surface area contributed by atoms with Crippen molar-refractivity contribution in [2.45, 2.75) is 39.5 Å². The molecule has 0 aromatic heterocycles. The Bertz CT molecular complexity index is 706. The van der Waals surface area contributed by atoms with E-state index in [9.17, 15) is 9.59 Å². The third kappa shape index (κ3) is 5.83. The van der Waals surface area contributed by atoms with Gasteiger partial charge in [-0.25, -0.2) is 5.01 Å². The first-order valence-corrected chi connectivity index (χ1v) is 10.5. The molecule has 152 valence electrons. The minimum Gasteiger partial charge on any atom is -0.354 e. The number of piperidine rings is 1. The zero-order chi connectivity index (χ0) is 19.9. The SMILES string of the molecule is Cc1ccc(C2=CCC(=O)N(CC(=O)NCCC[NH+]3CCC(C)CC3)N2)cc1. The Balaban J connectivity index is 1.40. The Morgan fingerprint density at radius 2 is 1.96 bits per heavy atom. The third-order valence-corrected chi connectivity index (χ3v) is 5.71. The molecule has 2 heterocycles. The van der Waals surface area contributed by atoms with Crippen LogP contribution in [-0.2, 0) is 9.59 Å². The van der Waals surface area contributed by atoms with Gasteiger partial charge in [-0.3, -0.25) is 15.0 Å². The third-order valence-electron chi connectivity index (χ3n) is 5.71. The molecule has 0 bridgehead atoms. The van der Waals surface area contributed by atoms with Crippen LogP contribution in [0.15, 0.2) is 30.3 Å². The van der Waals surface area contributed by atoms with Gasteiger partial charge in [0.15, 0.2) is 0 Å². The standard InChI is InChI=1S/C22H32N4O2/c1-17-4-6-19(7-5-17)20-8-9-22(28)26(24-20)16-21(27)23-12-3-13-25-14-10-18(2)11-15-25/h4-8,18,24H,3,9-16H2,1-2H3,(H,23,27)/p+1. The highest BCUT2D eigenvalue weighted by Crippen LogP contribution is 2.17. The Morgan fingerprint density at radius 3 is 2.68 bits per heavy atom. The van der Waals surface area contributed by atoms with Gasteiger partial charge in [-0.05, 0) is 37.3 Å². The van der Waals surface area contributed by atoms with Crippen LogP contribution in [0.25, 0.3) is 5.70 Å². The molecule has 1 saturated heterocycles. The van der Waals surface area contributed by atoms with Gasteiger partial charge in [-0.15, -0.1) is 0 Å². The number of hydrogen-bond donors (Lipinski definition) is 3. The van der Waals surface area contributed by atoms with Crippen molar-refractivity contribution in [3.05, 3.63) is 41.5 Å². The minimum atomic E-state index is -0.117. The quantitative estimate of drug-likeness (QED) is 0.611. The Morgan fingerprint density at radius 1 is 1.25 bits per heavy atom. The number of carbonyl (C=O) groups is 2. The predicted molar refractivity (Wildman–Crippen MR) is 110 cm³/mol. The highest BCUT2D eigenvalue weighted by molar-refractivity contribution is 5.88. The van der Waals surface area contributed by atoms with Crippen molar-refractivity contribution in [2.75, 3.05) is 32.7 Å². The molecule has 3 N–H and O–H groups in total. The summed E-state index contributed by atoms with van der Waals surface area (Å²) in [6.45, 7) is 8.67. The van der Waals surface area contributed by atoms with E-state index in [0.29, 0.717) is 13.0 Å². The van der Waals surface area contributed by atoms with E-state index in [2.05, 4.69) is 17.7 Å². The van der Waals surface area contributed by atoms with E-state index in [1.54, 1.807) is 4.90 Å². The van der Waals surface area contributed by atoms with Crippen LogP contribution in [0, 0.1) is 12.8 Å². The highest BCUT2D eigenvalue weighted by Gasteiger charge is 2.22. The molecule has 6 nitrogen and oxygen atoms in total. The molecule has 0 radical (unpaired) electrons. The number of likely N-dealkylation sites (tertiary alicyclic amines) is 1. The maximum atomic E-state index is 12.3. The van der Waals surface area contributed by atoms with Gasteiger partial charge < -0.3 is 10.2 Å². The van der Waals surface area contributed by atoms with Crippen LogP contribution in [0.3, 0.4) is 0 Å². The van der Waals surface area contributed by atoms with Gasteiger partial charge in [0.2, 0.25) is 11.8 Å². The van der Waals surface area contributed by atoms with Crippen molar-refractivity contribution in [3.63, 3.8) is 0 Å². The number of benzene rings is 1. The normalized spacial score (nSPS) is 22.4. The molecule has 2 aliphatic heterocycles. The first kappa shape index (κ1) is 20.4. The van der Waals surface area contributed by atoms with E-state index < -0.39 is 0 Å². The Hall–Kier alpha value is -2.34. The molecule has 1 aromatic carbocycles. The number of amides is 2. The van der Waals surface area contributed by atoms with Gasteiger partial charge in [-0.2, -0.15) is 0 Å². The fourth-order valence-corrected chi connectivity index (χ4v) is 3.78. The number of nitrogens with zero attached hydrogens (tertiary/aromatic N) is 1. The van der Waals surface area contributed by atoms with E-state index in [0.717, 1.165) is 30.1 Å². The van der Waals surface area contributed by atoms with Crippen molar-refractivity contribution in [3.8, 4) is 0 Å². The van der Waals surface area contributed by atoms with Crippen molar-refractivity contribution < 1.29 is 14.5 Å². The second-order valence-electron chi connectivity index (χ2n) is 8.17. The lowest BCUT2D eigenvalue weighted by Gasteiger charge is -2.29. The number of aryl methyl sites for hydroxylation is 1. The number of nitrogens with one attached hydrogen (secondary N) is 3. The summed E-state index contributed by atoms with van der Waals surface area (Å²) in [5.74, 6) is 0.656. The lowest BCUT2D eigenvalue weighted by molar-refractivity contribution is -0.906. The summed E-state index contributed by atoms with van der Waals surface area (Å²) >= 11 is 0. The largest absolute Gasteiger partial charge is 0.354 e. The smallest absolute Gasteiger partial charge is 0.245 e. The summed E-state index contributed by atoms with van der Waals surface area (Å²) in [7, 11) is 0. The summed E-state index contributed by atoms with van der Waals surface area (Å²) in [4.78, 5) is 26.1. The minimum absolute atomic E-state index is 0.0378.